The number of anilines is 1. The van der Waals surface area contributed by atoms with Crippen LogP contribution in [0.25, 0.3) is 0 Å². The molecule has 1 rings (SSSR count). The third kappa shape index (κ3) is 4.96. The van der Waals surface area contributed by atoms with Gasteiger partial charge in [-0.25, -0.2) is 0 Å². The van der Waals surface area contributed by atoms with Crippen LogP contribution in [0.5, 0.6) is 5.75 Å². The summed E-state index contributed by atoms with van der Waals surface area (Å²) in [5, 5.41) is 2.97. The molecule has 1 aromatic carbocycles. The first-order valence-corrected chi connectivity index (χ1v) is 8.50. The molecule has 0 saturated carbocycles. The van der Waals surface area contributed by atoms with E-state index < -0.39 is 5.60 Å². The lowest BCUT2D eigenvalue weighted by atomic mass is 10.0. The van der Waals surface area contributed by atoms with Crippen LogP contribution < -0.4 is 10.1 Å². The predicted octanol–water partition coefficient (Wildman–Crippen LogP) is 4.62. The Kier molecular flexibility index (Phi) is 7.07. The van der Waals surface area contributed by atoms with Crippen LogP contribution in [-0.4, -0.2) is 24.2 Å². The molecule has 1 amide bonds. The van der Waals surface area contributed by atoms with E-state index in [0.29, 0.717) is 13.0 Å². The van der Waals surface area contributed by atoms with Gasteiger partial charge < -0.3 is 14.8 Å². The number of rotatable bonds is 8. The minimum Gasteiger partial charge on any atom is -0.490 e. The molecule has 1 N–H and O–H groups in total. The zero-order valence-corrected chi connectivity index (χ0v) is 15.6. The van der Waals surface area contributed by atoms with Crippen molar-refractivity contribution in [2.75, 3.05) is 11.9 Å². The minimum atomic E-state index is -0.803. The predicted molar refractivity (Wildman–Crippen MR) is 95.2 cm³/mol. The number of amides is 1. The van der Waals surface area contributed by atoms with Crippen LogP contribution in [0.4, 0.5) is 5.69 Å². The highest BCUT2D eigenvalue weighted by molar-refractivity contribution is 5.97. The van der Waals surface area contributed by atoms with Gasteiger partial charge in [-0.2, -0.15) is 0 Å². The van der Waals surface area contributed by atoms with Gasteiger partial charge in [0.15, 0.2) is 0 Å². The second-order valence-electron chi connectivity index (χ2n) is 6.25. The fourth-order valence-electron chi connectivity index (χ4n) is 2.40. The van der Waals surface area contributed by atoms with E-state index in [1.54, 1.807) is 0 Å². The fraction of sp³-hybridized carbons (Fsp3) is 0.632. The molecule has 0 fully saturated rings. The van der Waals surface area contributed by atoms with Gasteiger partial charge in [-0.3, -0.25) is 4.79 Å². The van der Waals surface area contributed by atoms with Gasteiger partial charge in [-0.15, -0.1) is 0 Å². The molecule has 0 radical (unpaired) electrons. The Morgan fingerprint density at radius 1 is 1.22 bits per heavy atom. The normalized spacial score (nSPS) is 14.9. The van der Waals surface area contributed by atoms with E-state index in [9.17, 15) is 4.79 Å². The van der Waals surface area contributed by atoms with Gasteiger partial charge in [-0.05, 0) is 70.7 Å². The molecule has 0 unspecified atom stereocenters. The fourth-order valence-corrected chi connectivity index (χ4v) is 2.40. The quantitative estimate of drug-likeness (QED) is 0.759. The highest BCUT2D eigenvalue weighted by atomic mass is 16.5. The summed E-state index contributed by atoms with van der Waals surface area (Å²) >= 11 is 0. The maximum absolute atomic E-state index is 12.5. The van der Waals surface area contributed by atoms with Gasteiger partial charge in [0.25, 0.3) is 5.91 Å². The summed E-state index contributed by atoms with van der Waals surface area (Å²) in [6, 6.07) is 3.90. The van der Waals surface area contributed by atoms with Crippen molar-refractivity contribution in [2.24, 2.45) is 0 Å². The van der Waals surface area contributed by atoms with Crippen LogP contribution in [0.15, 0.2) is 12.1 Å². The Hall–Kier alpha value is -1.55. The average molecular weight is 321 g/mol. The molecule has 4 nitrogen and oxygen atoms in total. The first-order valence-electron chi connectivity index (χ1n) is 8.50. The molecule has 0 aromatic heterocycles. The zero-order chi connectivity index (χ0) is 17.6. The highest BCUT2D eigenvalue weighted by Gasteiger charge is 2.32. The van der Waals surface area contributed by atoms with Crippen molar-refractivity contribution in [3.05, 3.63) is 23.3 Å². The largest absolute Gasteiger partial charge is 0.490 e. The van der Waals surface area contributed by atoms with E-state index >= 15 is 0 Å². The van der Waals surface area contributed by atoms with E-state index in [0.717, 1.165) is 29.0 Å². The van der Waals surface area contributed by atoms with Gasteiger partial charge in [0.2, 0.25) is 0 Å². The maximum Gasteiger partial charge on any atom is 0.256 e. The third-order valence-electron chi connectivity index (χ3n) is 4.23. The topological polar surface area (TPSA) is 47.6 Å². The molecule has 4 heteroatoms. The lowest BCUT2D eigenvalue weighted by molar-refractivity contribution is -0.139. The van der Waals surface area contributed by atoms with Gasteiger partial charge >= 0.3 is 0 Å². The smallest absolute Gasteiger partial charge is 0.256 e. The Morgan fingerprint density at radius 2 is 1.78 bits per heavy atom. The van der Waals surface area contributed by atoms with E-state index in [-0.39, 0.29) is 12.0 Å². The van der Waals surface area contributed by atoms with Crippen LogP contribution in [0, 0.1) is 13.8 Å². The van der Waals surface area contributed by atoms with Gasteiger partial charge in [0.1, 0.15) is 11.4 Å². The third-order valence-corrected chi connectivity index (χ3v) is 4.23. The van der Waals surface area contributed by atoms with E-state index in [2.05, 4.69) is 19.2 Å². The molecule has 130 valence electrons. The Morgan fingerprint density at radius 3 is 2.22 bits per heavy atom. The van der Waals surface area contributed by atoms with E-state index in [1.807, 2.05) is 46.8 Å². The molecular formula is C19H31NO3. The molecule has 0 bridgehead atoms. The number of ether oxygens (including phenoxy) is 2. The van der Waals surface area contributed by atoms with Gasteiger partial charge in [-0.1, -0.05) is 13.8 Å². The Labute approximate surface area is 140 Å². The van der Waals surface area contributed by atoms with Gasteiger partial charge in [0, 0.05) is 12.3 Å². The van der Waals surface area contributed by atoms with Crippen molar-refractivity contribution in [1.29, 1.82) is 0 Å². The van der Waals surface area contributed by atoms with Gasteiger partial charge in [0.05, 0.1) is 6.10 Å². The summed E-state index contributed by atoms with van der Waals surface area (Å²) in [5.41, 5.74) is 2.02. The second-order valence-corrected chi connectivity index (χ2v) is 6.25. The van der Waals surface area contributed by atoms with Crippen molar-refractivity contribution in [1.82, 2.24) is 0 Å². The Balaban J connectivity index is 2.97. The van der Waals surface area contributed by atoms with Crippen LogP contribution >= 0.6 is 0 Å². The molecule has 0 spiro atoms. The highest BCUT2D eigenvalue weighted by Crippen LogP contribution is 2.29. The lowest BCUT2D eigenvalue weighted by Gasteiger charge is -2.27. The first kappa shape index (κ1) is 19.5. The summed E-state index contributed by atoms with van der Waals surface area (Å²) in [6.07, 6.45) is 1.76. The summed E-state index contributed by atoms with van der Waals surface area (Å²) in [7, 11) is 0. The molecule has 1 aromatic rings. The zero-order valence-electron chi connectivity index (χ0n) is 15.6. The molecule has 0 saturated heterocycles. The number of nitrogens with one attached hydrogen (secondary N) is 1. The first-order chi connectivity index (χ1) is 10.8. The summed E-state index contributed by atoms with van der Waals surface area (Å²) in [6.45, 7) is 14.4. The number of carbonyl (C=O) groups excluding carboxylic acids is 1. The van der Waals surface area contributed by atoms with Crippen molar-refractivity contribution in [2.45, 2.75) is 73.0 Å². The summed E-state index contributed by atoms with van der Waals surface area (Å²) < 4.78 is 11.6. The molecule has 0 aliphatic rings. The molecule has 0 heterocycles. The number of benzene rings is 1. The van der Waals surface area contributed by atoms with Crippen molar-refractivity contribution in [3.8, 4) is 5.75 Å². The van der Waals surface area contributed by atoms with Crippen LogP contribution in [0.2, 0.25) is 0 Å². The van der Waals surface area contributed by atoms with Crippen LogP contribution in [0.1, 0.15) is 58.6 Å². The number of hydrogen-bond donors (Lipinski definition) is 1. The summed E-state index contributed by atoms with van der Waals surface area (Å²) in [5.74, 6) is 0.789. The molecular weight excluding hydrogens is 290 g/mol. The SMILES string of the molecule is CCO[C@](C)(CC)C(=O)Nc1cc(C)c(O[C@@H](C)CC)c(C)c1. The monoisotopic (exact) mass is 321 g/mol. The Bertz CT molecular complexity index is 518. The van der Waals surface area contributed by atoms with E-state index in [4.69, 9.17) is 9.47 Å². The number of carbonyl (C=O) groups is 1. The standard InChI is InChI=1S/C19H31NO3/c1-8-15(6)23-17-13(4)11-16(12-14(17)5)20-18(21)19(7,9-2)22-10-3/h11-12,15H,8-10H2,1-7H3,(H,20,21)/t15-,19+/m0/s1. The number of aryl methyl sites for hydroxylation is 2. The molecule has 0 aliphatic carbocycles. The minimum absolute atomic E-state index is 0.115. The van der Waals surface area contributed by atoms with Crippen LogP contribution in [-0.2, 0) is 9.53 Å². The number of hydrogen-bond acceptors (Lipinski definition) is 3. The molecule has 2 atom stereocenters. The average Bonchev–Trinajstić information content (AvgIpc) is 2.50. The van der Waals surface area contributed by atoms with Crippen molar-refractivity contribution >= 4 is 11.6 Å². The molecule has 0 aliphatic heterocycles. The molecule has 23 heavy (non-hydrogen) atoms. The van der Waals surface area contributed by atoms with Crippen molar-refractivity contribution < 1.29 is 14.3 Å². The summed E-state index contributed by atoms with van der Waals surface area (Å²) in [4.78, 5) is 12.5. The van der Waals surface area contributed by atoms with Crippen LogP contribution in [0.3, 0.4) is 0 Å². The van der Waals surface area contributed by atoms with E-state index in [1.165, 1.54) is 0 Å². The van der Waals surface area contributed by atoms with Crippen molar-refractivity contribution in [3.63, 3.8) is 0 Å². The lowest BCUT2D eigenvalue weighted by Crippen LogP contribution is -2.42. The maximum atomic E-state index is 12.5. The second kappa shape index (κ2) is 8.34.